The second-order valence-corrected chi connectivity index (χ2v) is 4.96. The van der Waals surface area contributed by atoms with Gasteiger partial charge in [0.15, 0.2) is 0 Å². The van der Waals surface area contributed by atoms with Crippen LogP contribution in [-0.2, 0) is 24.1 Å². The molecule has 1 amide bonds. The molecule has 19 heavy (non-hydrogen) atoms. The lowest BCUT2D eigenvalue weighted by atomic mass is 10.0. The average Bonchev–Trinajstić information content (AvgIpc) is 2.86. The van der Waals surface area contributed by atoms with E-state index in [-0.39, 0.29) is 32.2 Å². The molecule has 1 aliphatic rings. The van der Waals surface area contributed by atoms with Crippen molar-refractivity contribution in [3.05, 3.63) is 34.9 Å². The van der Waals surface area contributed by atoms with Gasteiger partial charge >= 0.3 is 0 Å². The Labute approximate surface area is 113 Å². The third kappa shape index (κ3) is 3.55. The van der Waals surface area contributed by atoms with Gasteiger partial charge in [0.1, 0.15) is 0 Å². The molecule has 0 saturated heterocycles. The minimum absolute atomic E-state index is 0.0407. The van der Waals surface area contributed by atoms with E-state index in [0.717, 1.165) is 18.4 Å². The summed E-state index contributed by atoms with van der Waals surface area (Å²) in [5.41, 5.74) is 3.78. The van der Waals surface area contributed by atoms with Gasteiger partial charge in [0.05, 0.1) is 19.6 Å². The van der Waals surface area contributed by atoms with E-state index in [1.807, 2.05) is 6.07 Å². The van der Waals surface area contributed by atoms with E-state index in [9.17, 15) is 4.79 Å². The Hall–Kier alpha value is -1.39. The van der Waals surface area contributed by atoms with E-state index < -0.39 is 0 Å². The van der Waals surface area contributed by atoms with E-state index in [2.05, 4.69) is 12.1 Å². The van der Waals surface area contributed by atoms with E-state index in [1.54, 1.807) is 0 Å². The highest BCUT2D eigenvalue weighted by Gasteiger charge is 2.15. The van der Waals surface area contributed by atoms with Crippen molar-refractivity contribution in [2.45, 2.75) is 25.7 Å². The van der Waals surface area contributed by atoms with Gasteiger partial charge in [0, 0.05) is 13.1 Å². The van der Waals surface area contributed by atoms with Gasteiger partial charge in [-0.1, -0.05) is 18.2 Å². The fourth-order valence-electron chi connectivity index (χ4n) is 2.62. The maximum absolute atomic E-state index is 12.1. The van der Waals surface area contributed by atoms with Gasteiger partial charge in [0.2, 0.25) is 5.91 Å². The number of benzene rings is 1. The van der Waals surface area contributed by atoms with Crippen molar-refractivity contribution in [1.29, 1.82) is 0 Å². The molecule has 0 aromatic heterocycles. The summed E-state index contributed by atoms with van der Waals surface area (Å²) >= 11 is 0. The first-order valence-corrected chi connectivity index (χ1v) is 6.84. The number of amides is 1. The monoisotopic (exact) mass is 263 g/mol. The second-order valence-electron chi connectivity index (χ2n) is 4.96. The van der Waals surface area contributed by atoms with Crippen LogP contribution in [0.15, 0.2) is 18.2 Å². The maximum atomic E-state index is 12.1. The summed E-state index contributed by atoms with van der Waals surface area (Å²) in [5, 5.41) is 17.9. The fraction of sp³-hybridized carbons (Fsp3) is 0.533. The molecule has 0 radical (unpaired) electrons. The van der Waals surface area contributed by atoms with Crippen LogP contribution < -0.4 is 0 Å². The van der Waals surface area contributed by atoms with Crippen molar-refractivity contribution in [2.24, 2.45) is 0 Å². The van der Waals surface area contributed by atoms with E-state index in [0.29, 0.717) is 6.42 Å². The molecule has 2 rings (SSSR count). The van der Waals surface area contributed by atoms with Gasteiger partial charge in [-0.3, -0.25) is 4.79 Å². The van der Waals surface area contributed by atoms with Crippen LogP contribution >= 0.6 is 0 Å². The highest BCUT2D eigenvalue weighted by atomic mass is 16.3. The third-order valence-corrected chi connectivity index (χ3v) is 3.61. The molecule has 0 heterocycles. The summed E-state index contributed by atoms with van der Waals surface area (Å²) in [6.07, 6.45) is 3.79. The zero-order chi connectivity index (χ0) is 13.7. The molecule has 0 spiro atoms. The number of hydrogen-bond acceptors (Lipinski definition) is 3. The summed E-state index contributed by atoms with van der Waals surface area (Å²) in [7, 11) is 0. The first kappa shape index (κ1) is 14.0. The smallest absolute Gasteiger partial charge is 0.227 e. The molecule has 4 nitrogen and oxygen atoms in total. The lowest BCUT2D eigenvalue weighted by Gasteiger charge is -2.20. The van der Waals surface area contributed by atoms with Crippen LogP contribution in [0.5, 0.6) is 0 Å². The molecule has 0 fully saturated rings. The standard InChI is InChI=1S/C15H21NO3/c17-8-6-16(7-9-18)15(19)11-12-4-5-13-2-1-3-14(13)10-12/h4-5,10,17-18H,1-3,6-9,11H2. The molecule has 0 aliphatic heterocycles. The minimum atomic E-state index is -0.0735. The molecule has 0 saturated carbocycles. The Balaban J connectivity index is 2.01. The largest absolute Gasteiger partial charge is 0.395 e. The van der Waals surface area contributed by atoms with Gasteiger partial charge in [-0.2, -0.15) is 0 Å². The van der Waals surface area contributed by atoms with Crippen molar-refractivity contribution in [3.63, 3.8) is 0 Å². The van der Waals surface area contributed by atoms with E-state index in [1.165, 1.54) is 22.4 Å². The Morgan fingerprint density at radius 3 is 2.47 bits per heavy atom. The predicted octanol–water partition coefficient (Wildman–Crippen LogP) is 0.531. The quantitative estimate of drug-likeness (QED) is 0.787. The van der Waals surface area contributed by atoms with E-state index >= 15 is 0 Å². The molecule has 1 aromatic carbocycles. The van der Waals surface area contributed by atoms with Crippen molar-refractivity contribution in [2.75, 3.05) is 26.3 Å². The number of aliphatic hydroxyl groups excluding tert-OH is 2. The van der Waals surface area contributed by atoms with Gasteiger partial charge in [-0.15, -0.1) is 0 Å². The Kier molecular flexibility index (Phi) is 4.93. The van der Waals surface area contributed by atoms with Crippen molar-refractivity contribution in [1.82, 2.24) is 4.90 Å². The highest BCUT2D eigenvalue weighted by Crippen LogP contribution is 2.23. The van der Waals surface area contributed by atoms with Crippen molar-refractivity contribution < 1.29 is 15.0 Å². The highest BCUT2D eigenvalue weighted by molar-refractivity contribution is 5.78. The van der Waals surface area contributed by atoms with Crippen LogP contribution in [0.1, 0.15) is 23.1 Å². The Bertz CT molecular complexity index is 439. The first-order valence-electron chi connectivity index (χ1n) is 6.84. The molecule has 104 valence electrons. The predicted molar refractivity (Wildman–Crippen MR) is 72.9 cm³/mol. The normalized spacial score (nSPS) is 13.4. The summed E-state index contributed by atoms with van der Waals surface area (Å²) in [6, 6.07) is 6.25. The van der Waals surface area contributed by atoms with Crippen molar-refractivity contribution in [3.8, 4) is 0 Å². The molecule has 0 atom stereocenters. The molecule has 0 unspecified atom stereocenters. The van der Waals surface area contributed by atoms with Gasteiger partial charge in [-0.05, 0) is 36.0 Å². The van der Waals surface area contributed by atoms with Crippen LogP contribution in [0, 0.1) is 0 Å². The lowest BCUT2D eigenvalue weighted by Crippen LogP contribution is -2.36. The van der Waals surface area contributed by atoms with Crippen LogP contribution in [0.4, 0.5) is 0 Å². The van der Waals surface area contributed by atoms with Gasteiger partial charge in [0.25, 0.3) is 0 Å². The molecular formula is C15H21NO3. The summed E-state index contributed by atoms with van der Waals surface area (Å²) < 4.78 is 0. The van der Waals surface area contributed by atoms with Gasteiger partial charge in [-0.25, -0.2) is 0 Å². The van der Waals surface area contributed by atoms with Crippen LogP contribution in [0.25, 0.3) is 0 Å². The number of carbonyl (C=O) groups excluding carboxylic acids is 1. The topological polar surface area (TPSA) is 60.8 Å². The average molecular weight is 263 g/mol. The zero-order valence-electron chi connectivity index (χ0n) is 11.1. The Morgan fingerprint density at radius 1 is 1.11 bits per heavy atom. The number of fused-ring (bicyclic) bond motifs is 1. The number of hydrogen-bond donors (Lipinski definition) is 2. The third-order valence-electron chi connectivity index (χ3n) is 3.61. The lowest BCUT2D eigenvalue weighted by molar-refractivity contribution is -0.131. The molecule has 2 N–H and O–H groups in total. The number of nitrogens with zero attached hydrogens (tertiary/aromatic N) is 1. The second kappa shape index (κ2) is 6.68. The fourth-order valence-corrected chi connectivity index (χ4v) is 2.62. The maximum Gasteiger partial charge on any atom is 0.227 e. The van der Waals surface area contributed by atoms with Crippen LogP contribution in [-0.4, -0.2) is 47.3 Å². The minimum Gasteiger partial charge on any atom is -0.395 e. The number of rotatable bonds is 6. The van der Waals surface area contributed by atoms with Crippen LogP contribution in [0.2, 0.25) is 0 Å². The number of aryl methyl sites for hydroxylation is 2. The van der Waals surface area contributed by atoms with E-state index in [4.69, 9.17) is 10.2 Å². The number of carbonyl (C=O) groups is 1. The summed E-state index contributed by atoms with van der Waals surface area (Å²) in [6.45, 7) is 0.417. The molecule has 4 heteroatoms. The molecule has 1 aliphatic carbocycles. The van der Waals surface area contributed by atoms with Crippen LogP contribution in [0.3, 0.4) is 0 Å². The van der Waals surface area contributed by atoms with Crippen molar-refractivity contribution >= 4 is 5.91 Å². The summed E-state index contributed by atoms with van der Waals surface area (Å²) in [5.74, 6) is -0.0407. The zero-order valence-corrected chi connectivity index (χ0v) is 11.1. The molecule has 0 bridgehead atoms. The Morgan fingerprint density at radius 2 is 1.79 bits per heavy atom. The SMILES string of the molecule is O=C(Cc1ccc2c(c1)CCC2)N(CCO)CCO. The van der Waals surface area contributed by atoms with Gasteiger partial charge < -0.3 is 15.1 Å². The summed E-state index contributed by atoms with van der Waals surface area (Å²) in [4.78, 5) is 13.6. The molecule has 1 aromatic rings. The number of aliphatic hydroxyl groups is 2. The molecular weight excluding hydrogens is 242 g/mol. The first-order chi connectivity index (χ1) is 9.24.